The van der Waals surface area contributed by atoms with Gasteiger partial charge in [0.05, 0.1) is 11.0 Å². The van der Waals surface area contributed by atoms with E-state index in [4.69, 9.17) is 17.3 Å². The van der Waals surface area contributed by atoms with E-state index in [1.54, 1.807) is 6.07 Å². The Morgan fingerprint density at radius 3 is 2.47 bits per heavy atom. The number of benzene rings is 4. The first-order chi connectivity index (χ1) is 14.6. The van der Waals surface area contributed by atoms with Crippen LogP contribution in [0.5, 0.6) is 0 Å². The van der Waals surface area contributed by atoms with E-state index in [9.17, 15) is 4.79 Å². The highest BCUT2D eigenvalue weighted by molar-refractivity contribution is 6.30. The van der Waals surface area contributed by atoms with Gasteiger partial charge < -0.3 is 10.3 Å². The number of aromatic nitrogens is 1. The maximum absolute atomic E-state index is 12.1. The van der Waals surface area contributed by atoms with Gasteiger partial charge in [0.25, 0.3) is 0 Å². The number of primary amides is 1. The molecule has 1 radical (unpaired) electrons. The smallest absolute Gasteiger partial charge is 0.249 e. The van der Waals surface area contributed by atoms with Gasteiger partial charge in [-0.2, -0.15) is 0 Å². The highest BCUT2D eigenvalue weighted by Crippen LogP contribution is 2.34. The molecule has 0 unspecified atom stereocenters. The zero-order valence-corrected chi connectivity index (χ0v) is 16.9. The SMILES string of the molecule is NC(=O)c1cccc2c1c1[c]cc(-c3ccccc3)cc1n2Cc1cccc(Cl)c1. The van der Waals surface area contributed by atoms with Gasteiger partial charge in [-0.25, -0.2) is 0 Å². The summed E-state index contributed by atoms with van der Waals surface area (Å²) in [5.41, 5.74) is 11.4. The van der Waals surface area contributed by atoms with Gasteiger partial charge in [0.2, 0.25) is 5.91 Å². The van der Waals surface area contributed by atoms with Gasteiger partial charge in [-0.05, 0) is 59.2 Å². The average Bonchev–Trinajstić information content (AvgIpc) is 3.07. The summed E-state index contributed by atoms with van der Waals surface area (Å²) in [5.74, 6) is -0.442. The summed E-state index contributed by atoms with van der Waals surface area (Å²) in [4.78, 5) is 12.1. The Kier molecular flexibility index (Phi) is 4.53. The quantitative estimate of drug-likeness (QED) is 0.385. The zero-order chi connectivity index (χ0) is 20.7. The second kappa shape index (κ2) is 7.36. The van der Waals surface area contributed by atoms with Crippen molar-refractivity contribution in [3.63, 3.8) is 0 Å². The van der Waals surface area contributed by atoms with Crippen LogP contribution in [0.15, 0.2) is 84.9 Å². The molecule has 0 saturated heterocycles. The molecule has 5 aromatic rings. The molecule has 5 rings (SSSR count). The second-order valence-electron chi connectivity index (χ2n) is 7.29. The number of hydrogen-bond donors (Lipinski definition) is 1. The standard InChI is InChI=1S/C26H18ClN2O/c27-20-9-4-6-17(14-20)16-29-23-11-5-10-22(26(28)30)25(23)21-13-12-19(15-24(21)29)18-7-2-1-3-8-18/h1-12,14-15H,16H2,(H2,28,30). The lowest BCUT2D eigenvalue weighted by molar-refractivity contribution is 0.100. The van der Waals surface area contributed by atoms with Crippen LogP contribution in [-0.2, 0) is 6.54 Å². The number of carbonyl (C=O) groups is 1. The normalized spacial score (nSPS) is 11.2. The average molecular weight is 410 g/mol. The molecule has 2 N–H and O–H groups in total. The van der Waals surface area contributed by atoms with Crippen LogP contribution < -0.4 is 5.73 Å². The Hall–Kier alpha value is -3.56. The third-order valence-electron chi connectivity index (χ3n) is 5.40. The van der Waals surface area contributed by atoms with E-state index in [0.29, 0.717) is 17.1 Å². The Bertz CT molecular complexity index is 1400. The van der Waals surface area contributed by atoms with Crippen LogP contribution in [-0.4, -0.2) is 10.5 Å². The number of amides is 1. The summed E-state index contributed by atoms with van der Waals surface area (Å²) in [6.07, 6.45) is 0. The Labute approximate surface area is 179 Å². The third-order valence-corrected chi connectivity index (χ3v) is 5.63. The summed E-state index contributed by atoms with van der Waals surface area (Å²) in [6.45, 7) is 0.620. The molecule has 4 aromatic carbocycles. The number of rotatable bonds is 4. The van der Waals surface area contributed by atoms with Crippen LogP contribution in [0, 0.1) is 6.07 Å². The summed E-state index contributed by atoms with van der Waals surface area (Å²) in [5, 5.41) is 2.42. The first-order valence-corrected chi connectivity index (χ1v) is 10.1. The molecular formula is C26H18ClN2O. The van der Waals surface area contributed by atoms with Gasteiger partial charge in [0.15, 0.2) is 0 Å². The third kappa shape index (κ3) is 3.14. The van der Waals surface area contributed by atoms with Crippen molar-refractivity contribution in [1.82, 2.24) is 4.57 Å². The summed E-state index contributed by atoms with van der Waals surface area (Å²) >= 11 is 6.22. The van der Waals surface area contributed by atoms with E-state index in [0.717, 1.165) is 38.5 Å². The molecule has 145 valence electrons. The zero-order valence-electron chi connectivity index (χ0n) is 16.1. The second-order valence-corrected chi connectivity index (χ2v) is 7.73. The Balaban J connectivity index is 1.81. The van der Waals surface area contributed by atoms with E-state index in [1.807, 2.05) is 60.7 Å². The number of carbonyl (C=O) groups excluding carboxylic acids is 1. The van der Waals surface area contributed by atoms with Crippen LogP contribution in [0.1, 0.15) is 15.9 Å². The maximum Gasteiger partial charge on any atom is 0.249 e. The van der Waals surface area contributed by atoms with Crippen LogP contribution in [0.2, 0.25) is 5.02 Å². The number of nitrogens with zero attached hydrogens (tertiary/aromatic N) is 1. The van der Waals surface area contributed by atoms with Crippen molar-refractivity contribution in [3.05, 3.63) is 107 Å². The van der Waals surface area contributed by atoms with Crippen molar-refractivity contribution < 1.29 is 4.79 Å². The van der Waals surface area contributed by atoms with E-state index in [1.165, 1.54) is 0 Å². The first kappa shape index (κ1) is 18.5. The Morgan fingerprint density at radius 1 is 0.900 bits per heavy atom. The highest BCUT2D eigenvalue weighted by Gasteiger charge is 2.17. The van der Waals surface area contributed by atoms with Crippen LogP contribution in [0.25, 0.3) is 32.9 Å². The van der Waals surface area contributed by atoms with Crippen molar-refractivity contribution in [1.29, 1.82) is 0 Å². The molecule has 1 amide bonds. The van der Waals surface area contributed by atoms with Crippen molar-refractivity contribution in [2.24, 2.45) is 5.73 Å². The molecule has 30 heavy (non-hydrogen) atoms. The molecule has 0 atom stereocenters. The van der Waals surface area contributed by atoms with Crippen molar-refractivity contribution >= 4 is 39.3 Å². The van der Waals surface area contributed by atoms with Gasteiger partial charge in [-0.15, -0.1) is 0 Å². The molecule has 0 aliphatic heterocycles. The number of fused-ring (bicyclic) bond motifs is 3. The van der Waals surface area contributed by atoms with Crippen molar-refractivity contribution in [2.45, 2.75) is 6.54 Å². The number of halogens is 1. The molecule has 0 fully saturated rings. The lowest BCUT2D eigenvalue weighted by Crippen LogP contribution is -2.11. The molecule has 3 nitrogen and oxygen atoms in total. The predicted molar refractivity (Wildman–Crippen MR) is 123 cm³/mol. The van der Waals surface area contributed by atoms with Gasteiger partial charge in [0, 0.05) is 27.9 Å². The largest absolute Gasteiger partial charge is 0.366 e. The van der Waals surface area contributed by atoms with E-state index in [-0.39, 0.29) is 0 Å². The van der Waals surface area contributed by atoms with Crippen LogP contribution in [0.4, 0.5) is 0 Å². The van der Waals surface area contributed by atoms with Gasteiger partial charge in [-0.3, -0.25) is 4.79 Å². The number of nitrogens with two attached hydrogens (primary N) is 1. The summed E-state index contributed by atoms with van der Waals surface area (Å²) < 4.78 is 2.20. The topological polar surface area (TPSA) is 48.0 Å². The first-order valence-electron chi connectivity index (χ1n) is 9.68. The fraction of sp³-hybridized carbons (Fsp3) is 0.0385. The van der Waals surface area contributed by atoms with Crippen molar-refractivity contribution in [3.8, 4) is 11.1 Å². The van der Waals surface area contributed by atoms with Crippen LogP contribution >= 0.6 is 11.6 Å². The summed E-state index contributed by atoms with van der Waals surface area (Å²) in [6, 6.07) is 31.2. The monoisotopic (exact) mass is 409 g/mol. The molecule has 0 saturated carbocycles. The molecule has 0 bridgehead atoms. The molecule has 0 aliphatic carbocycles. The number of hydrogen-bond acceptors (Lipinski definition) is 1. The van der Waals surface area contributed by atoms with Crippen LogP contribution in [0.3, 0.4) is 0 Å². The van der Waals surface area contributed by atoms with Crippen molar-refractivity contribution in [2.75, 3.05) is 0 Å². The fourth-order valence-corrected chi connectivity index (χ4v) is 4.26. The molecule has 4 heteroatoms. The maximum atomic E-state index is 12.1. The minimum absolute atomic E-state index is 0.442. The lowest BCUT2D eigenvalue weighted by Gasteiger charge is -2.09. The minimum atomic E-state index is -0.442. The minimum Gasteiger partial charge on any atom is -0.366 e. The van der Waals surface area contributed by atoms with Gasteiger partial charge in [-0.1, -0.05) is 60.1 Å². The Morgan fingerprint density at radius 2 is 1.70 bits per heavy atom. The molecule has 0 spiro atoms. The predicted octanol–water partition coefficient (Wildman–Crippen LogP) is 6.06. The van der Waals surface area contributed by atoms with E-state index < -0.39 is 5.91 Å². The van der Waals surface area contributed by atoms with E-state index in [2.05, 4.69) is 28.8 Å². The molecule has 1 aromatic heterocycles. The molecular weight excluding hydrogens is 392 g/mol. The van der Waals surface area contributed by atoms with Gasteiger partial charge in [0.1, 0.15) is 0 Å². The van der Waals surface area contributed by atoms with Gasteiger partial charge >= 0.3 is 0 Å². The summed E-state index contributed by atoms with van der Waals surface area (Å²) in [7, 11) is 0. The molecule has 0 aliphatic rings. The van der Waals surface area contributed by atoms with E-state index >= 15 is 0 Å². The highest BCUT2D eigenvalue weighted by atomic mass is 35.5. The lowest BCUT2D eigenvalue weighted by atomic mass is 10.0. The molecule has 1 heterocycles. The fourth-order valence-electron chi connectivity index (χ4n) is 4.05.